The summed E-state index contributed by atoms with van der Waals surface area (Å²) >= 11 is 6.04. The quantitative estimate of drug-likeness (QED) is 0.772. The lowest BCUT2D eigenvalue weighted by molar-refractivity contribution is -0.126. The van der Waals surface area contributed by atoms with Crippen molar-refractivity contribution in [1.82, 2.24) is 5.32 Å². The first kappa shape index (κ1) is 12.2. The van der Waals surface area contributed by atoms with Crippen molar-refractivity contribution in [2.45, 2.75) is 44.1 Å². The summed E-state index contributed by atoms with van der Waals surface area (Å²) in [4.78, 5) is 11.9. The van der Waals surface area contributed by atoms with Gasteiger partial charge in [-0.1, -0.05) is 0 Å². The number of rotatable bonds is 3. The molecule has 0 spiro atoms. The molecular weight excluding hydrogens is 226 g/mol. The van der Waals surface area contributed by atoms with E-state index in [-0.39, 0.29) is 17.9 Å². The number of hydrogen-bond donors (Lipinski definition) is 1. The molecule has 3 nitrogen and oxygen atoms in total. The van der Waals surface area contributed by atoms with Gasteiger partial charge in [0.25, 0.3) is 0 Å². The molecule has 1 N–H and O–H groups in total. The zero-order chi connectivity index (χ0) is 11.5. The Bertz CT molecular complexity index is 259. The van der Waals surface area contributed by atoms with Crippen LogP contribution in [-0.2, 0) is 9.53 Å². The average molecular weight is 246 g/mol. The molecule has 2 fully saturated rings. The van der Waals surface area contributed by atoms with Crippen molar-refractivity contribution in [3.63, 3.8) is 0 Å². The summed E-state index contributed by atoms with van der Waals surface area (Å²) in [6, 6.07) is 0. The van der Waals surface area contributed by atoms with Gasteiger partial charge in [-0.25, -0.2) is 0 Å². The predicted molar refractivity (Wildman–Crippen MR) is 63.5 cm³/mol. The Balaban J connectivity index is 1.71. The summed E-state index contributed by atoms with van der Waals surface area (Å²) in [5.74, 6) is 0.778. The summed E-state index contributed by atoms with van der Waals surface area (Å²) in [6.45, 7) is 3.47. The van der Waals surface area contributed by atoms with E-state index in [2.05, 4.69) is 5.32 Å². The molecule has 0 bridgehead atoms. The molecule has 1 aliphatic heterocycles. The SMILES string of the molecule is CC1OCCC1C(=O)NCC1CCC(Cl)C1. The first-order valence-corrected chi connectivity index (χ1v) is 6.64. The highest BCUT2D eigenvalue weighted by Gasteiger charge is 2.31. The average Bonchev–Trinajstić information content (AvgIpc) is 2.84. The fourth-order valence-electron chi connectivity index (χ4n) is 2.65. The molecule has 0 aromatic heterocycles. The second-order valence-electron chi connectivity index (χ2n) is 4.99. The summed E-state index contributed by atoms with van der Waals surface area (Å²) in [7, 11) is 0. The van der Waals surface area contributed by atoms with Gasteiger partial charge in [-0.05, 0) is 38.5 Å². The second-order valence-corrected chi connectivity index (χ2v) is 5.61. The lowest BCUT2D eigenvalue weighted by atomic mass is 10.0. The molecule has 4 heteroatoms. The van der Waals surface area contributed by atoms with Crippen LogP contribution in [0.1, 0.15) is 32.6 Å². The van der Waals surface area contributed by atoms with E-state index in [1.165, 1.54) is 0 Å². The third-order valence-electron chi connectivity index (χ3n) is 3.76. The normalized spacial score (nSPS) is 38.9. The summed E-state index contributed by atoms with van der Waals surface area (Å²) in [5, 5.41) is 3.36. The molecule has 4 unspecified atom stereocenters. The van der Waals surface area contributed by atoms with Crippen LogP contribution in [0.4, 0.5) is 0 Å². The van der Waals surface area contributed by atoms with Gasteiger partial charge in [-0.3, -0.25) is 4.79 Å². The molecule has 2 aliphatic rings. The molecule has 92 valence electrons. The number of ether oxygens (including phenoxy) is 1. The fraction of sp³-hybridized carbons (Fsp3) is 0.917. The van der Waals surface area contributed by atoms with E-state index in [4.69, 9.17) is 16.3 Å². The zero-order valence-electron chi connectivity index (χ0n) is 9.75. The van der Waals surface area contributed by atoms with Crippen molar-refractivity contribution in [3.05, 3.63) is 0 Å². The molecule has 1 saturated carbocycles. The summed E-state index contributed by atoms with van der Waals surface area (Å²) < 4.78 is 5.39. The van der Waals surface area contributed by atoms with E-state index in [1.807, 2.05) is 6.92 Å². The largest absolute Gasteiger partial charge is 0.378 e. The standard InChI is InChI=1S/C12H20ClNO2/c1-8-11(4-5-16-8)12(15)14-7-9-2-3-10(13)6-9/h8-11H,2-7H2,1H3,(H,14,15). The molecule has 1 amide bonds. The molecule has 16 heavy (non-hydrogen) atoms. The topological polar surface area (TPSA) is 38.3 Å². The van der Waals surface area contributed by atoms with Crippen molar-refractivity contribution < 1.29 is 9.53 Å². The van der Waals surface area contributed by atoms with Crippen LogP contribution >= 0.6 is 11.6 Å². The first-order chi connectivity index (χ1) is 7.66. The van der Waals surface area contributed by atoms with E-state index in [0.717, 1.165) is 32.2 Å². The Morgan fingerprint density at radius 1 is 1.44 bits per heavy atom. The van der Waals surface area contributed by atoms with Gasteiger partial charge >= 0.3 is 0 Å². The van der Waals surface area contributed by atoms with Gasteiger partial charge in [0.15, 0.2) is 0 Å². The van der Waals surface area contributed by atoms with E-state index >= 15 is 0 Å². The van der Waals surface area contributed by atoms with E-state index in [9.17, 15) is 4.79 Å². The van der Waals surface area contributed by atoms with Crippen LogP contribution < -0.4 is 5.32 Å². The molecule has 1 heterocycles. The van der Waals surface area contributed by atoms with Crippen molar-refractivity contribution in [1.29, 1.82) is 0 Å². The Morgan fingerprint density at radius 3 is 2.81 bits per heavy atom. The van der Waals surface area contributed by atoms with Crippen LogP contribution in [0, 0.1) is 11.8 Å². The van der Waals surface area contributed by atoms with Crippen LogP contribution in [0.5, 0.6) is 0 Å². The van der Waals surface area contributed by atoms with E-state index in [0.29, 0.717) is 17.9 Å². The predicted octanol–water partition coefficient (Wildman–Crippen LogP) is 1.94. The number of halogens is 1. The molecular formula is C12H20ClNO2. The number of alkyl halides is 1. The van der Waals surface area contributed by atoms with Gasteiger partial charge in [0.05, 0.1) is 12.0 Å². The minimum atomic E-state index is 0.0493. The molecule has 1 aliphatic carbocycles. The maximum Gasteiger partial charge on any atom is 0.225 e. The van der Waals surface area contributed by atoms with Gasteiger partial charge < -0.3 is 10.1 Å². The molecule has 2 rings (SSSR count). The highest BCUT2D eigenvalue weighted by molar-refractivity contribution is 6.20. The summed E-state index contributed by atoms with van der Waals surface area (Å²) in [5.41, 5.74) is 0. The lowest BCUT2D eigenvalue weighted by Crippen LogP contribution is -2.36. The second kappa shape index (κ2) is 5.37. The Kier molecular flexibility index (Phi) is 4.09. The minimum absolute atomic E-state index is 0.0493. The van der Waals surface area contributed by atoms with Gasteiger partial charge in [-0.2, -0.15) is 0 Å². The van der Waals surface area contributed by atoms with E-state index in [1.54, 1.807) is 0 Å². The van der Waals surface area contributed by atoms with Crippen molar-refractivity contribution in [2.24, 2.45) is 11.8 Å². The Hall–Kier alpha value is -0.280. The highest BCUT2D eigenvalue weighted by Crippen LogP contribution is 2.29. The lowest BCUT2D eigenvalue weighted by Gasteiger charge is -2.16. The molecule has 0 radical (unpaired) electrons. The zero-order valence-corrected chi connectivity index (χ0v) is 10.5. The maximum atomic E-state index is 11.9. The minimum Gasteiger partial charge on any atom is -0.378 e. The third kappa shape index (κ3) is 2.89. The first-order valence-electron chi connectivity index (χ1n) is 6.20. The van der Waals surface area contributed by atoms with Crippen LogP contribution in [0.25, 0.3) is 0 Å². The van der Waals surface area contributed by atoms with Crippen LogP contribution in [0.2, 0.25) is 0 Å². The smallest absolute Gasteiger partial charge is 0.225 e. The molecule has 4 atom stereocenters. The van der Waals surface area contributed by atoms with Crippen molar-refractivity contribution >= 4 is 17.5 Å². The molecule has 0 aromatic carbocycles. The van der Waals surface area contributed by atoms with Gasteiger partial charge in [0, 0.05) is 18.5 Å². The van der Waals surface area contributed by atoms with E-state index < -0.39 is 0 Å². The van der Waals surface area contributed by atoms with Crippen molar-refractivity contribution in [3.8, 4) is 0 Å². The number of amides is 1. The third-order valence-corrected chi connectivity index (χ3v) is 4.15. The molecule has 1 saturated heterocycles. The van der Waals surface area contributed by atoms with Crippen LogP contribution in [0.15, 0.2) is 0 Å². The number of carbonyl (C=O) groups is 1. The Labute approximate surface area is 102 Å². The summed E-state index contributed by atoms with van der Waals surface area (Å²) in [6.07, 6.45) is 4.20. The fourth-order valence-corrected chi connectivity index (χ4v) is 3.03. The maximum absolute atomic E-state index is 11.9. The number of nitrogens with one attached hydrogen (secondary N) is 1. The van der Waals surface area contributed by atoms with Crippen LogP contribution in [-0.4, -0.2) is 30.5 Å². The molecule has 0 aromatic rings. The van der Waals surface area contributed by atoms with Gasteiger partial charge in [0.1, 0.15) is 0 Å². The highest BCUT2D eigenvalue weighted by atomic mass is 35.5. The number of carbonyl (C=O) groups excluding carboxylic acids is 1. The Morgan fingerprint density at radius 2 is 2.25 bits per heavy atom. The van der Waals surface area contributed by atoms with Gasteiger partial charge in [-0.15, -0.1) is 11.6 Å². The van der Waals surface area contributed by atoms with Gasteiger partial charge in [0.2, 0.25) is 5.91 Å². The van der Waals surface area contributed by atoms with Crippen LogP contribution in [0.3, 0.4) is 0 Å². The number of hydrogen-bond acceptors (Lipinski definition) is 2. The monoisotopic (exact) mass is 245 g/mol. The van der Waals surface area contributed by atoms with Crippen molar-refractivity contribution in [2.75, 3.05) is 13.2 Å².